The van der Waals surface area contributed by atoms with Crippen molar-refractivity contribution >= 4 is 11.9 Å². The number of rotatable bonds is 2. The maximum Gasteiger partial charge on any atom is 0.309 e. The van der Waals surface area contributed by atoms with Gasteiger partial charge in [0.05, 0.1) is 5.41 Å². The van der Waals surface area contributed by atoms with Crippen LogP contribution in [-0.2, 0) is 14.3 Å². The van der Waals surface area contributed by atoms with Crippen molar-refractivity contribution in [2.24, 2.45) is 34.0 Å². The maximum absolute atomic E-state index is 12.2. The molecular formula is C22H32O4. The highest BCUT2D eigenvalue weighted by Gasteiger charge is 2.66. The second kappa shape index (κ2) is 5.59. The fraction of sp³-hybridized carbons (Fsp3) is 0.818. The van der Waals surface area contributed by atoms with Gasteiger partial charge in [-0.05, 0) is 74.5 Å². The lowest BCUT2D eigenvalue weighted by Crippen LogP contribution is -2.59. The number of carbonyl (C=O) groups excluding carboxylic acids is 1. The monoisotopic (exact) mass is 360 g/mol. The number of hydrogen-bond donors (Lipinski definition) is 1. The fourth-order valence-electron chi connectivity index (χ4n) is 7.89. The van der Waals surface area contributed by atoms with E-state index in [1.54, 1.807) is 0 Å². The summed E-state index contributed by atoms with van der Waals surface area (Å²) in [6, 6.07) is 0. The zero-order valence-corrected chi connectivity index (χ0v) is 16.3. The third-order valence-corrected chi connectivity index (χ3v) is 8.90. The minimum absolute atomic E-state index is 0.0115. The second-order valence-electron chi connectivity index (χ2n) is 10.1. The van der Waals surface area contributed by atoms with Crippen LogP contribution in [-0.4, -0.2) is 23.1 Å². The zero-order valence-electron chi connectivity index (χ0n) is 16.3. The first-order chi connectivity index (χ1) is 12.1. The molecule has 4 aliphatic carbocycles. The van der Waals surface area contributed by atoms with Gasteiger partial charge in [0.15, 0.2) is 0 Å². The average Bonchev–Trinajstić information content (AvgIpc) is 2.81. The molecule has 0 amide bonds. The topological polar surface area (TPSA) is 63.6 Å². The van der Waals surface area contributed by atoms with Gasteiger partial charge in [-0.15, -0.1) is 0 Å². The number of esters is 1. The number of aliphatic carboxylic acids is 1. The van der Waals surface area contributed by atoms with Crippen molar-refractivity contribution in [3.8, 4) is 0 Å². The molecule has 7 atom stereocenters. The Hall–Kier alpha value is -1.32. The van der Waals surface area contributed by atoms with Gasteiger partial charge in [-0.2, -0.15) is 0 Å². The number of ether oxygens (including phenoxy) is 1. The van der Waals surface area contributed by atoms with Crippen molar-refractivity contribution in [2.75, 3.05) is 0 Å². The molecule has 0 aliphatic heterocycles. The summed E-state index contributed by atoms with van der Waals surface area (Å²) in [6.07, 6.45) is 7.87. The molecule has 4 fully saturated rings. The van der Waals surface area contributed by atoms with Crippen LogP contribution < -0.4 is 0 Å². The van der Waals surface area contributed by atoms with Crippen LogP contribution in [0.15, 0.2) is 12.2 Å². The van der Waals surface area contributed by atoms with E-state index in [0.717, 1.165) is 51.4 Å². The van der Waals surface area contributed by atoms with Crippen LogP contribution >= 0.6 is 0 Å². The molecule has 1 N–H and O–H groups in total. The maximum atomic E-state index is 12.2. The van der Waals surface area contributed by atoms with Gasteiger partial charge in [0.1, 0.15) is 6.10 Å². The predicted molar refractivity (Wildman–Crippen MR) is 98.4 cm³/mol. The Bertz CT molecular complexity index is 669. The van der Waals surface area contributed by atoms with Crippen LogP contribution in [0.25, 0.3) is 0 Å². The number of fused-ring (bicyclic) bond motifs is 3. The third-order valence-electron chi connectivity index (χ3n) is 8.90. The van der Waals surface area contributed by atoms with E-state index in [-0.39, 0.29) is 28.8 Å². The van der Waals surface area contributed by atoms with Crippen LogP contribution in [0.5, 0.6) is 0 Å². The number of carboxylic acids is 1. The highest BCUT2D eigenvalue weighted by molar-refractivity contribution is 5.75. The molecule has 4 heteroatoms. The Morgan fingerprint density at radius 3 is 2.58 bits per heavy atom. The summed E-state index contributed by atoms with van der Waals surface area (Å²) in [5, 5.41) is 10.0. The largest absolute Gasteiger partial charge is 0.481 e. The minimum atomic E-state index is -0.634. The normalized spacial score (nSPS) is 49.9. The molecule has 4 aliphatic rings. The zero-order chi connectivity index (χ0) is 18.9. The lowest BCUT2D eigenvalue weighted by Gasteiger charge is -2.63. The van der Waals surface area contributed by atoms with E-state index >= 15 is 0 Å². The SMILES string of the molecule is C=C1C[C@@]23CC[C@H]4[C@@](C)(CCC[C@@]4(C)C(=O)O)[C@@H]2C[C@H](OC(C)=O)[C@@H]1C3. The smallest absolute Gasteiger partial charge is 0.309 e. The van der Waals surface area contributed by atoms with E-state index in [2.05, 4.69) is 13.5 Å². The van der Waals surface area contributed by atoms with Gasteiger partial charge in [0, 0.05) is 12.8 Å². The van der Waals surface area contributed by atoms with E-state index in [9.17, 15) is 14.7 Å². The molecular weight excluding hydrogens is 328 g/mol. The van der Waals surface area contributed by atoms with Crippen LogP contribution in [0, 0.1) is 34.0 Å². The van der Waals surface area contributed by atoms with Gasteiger partial charge in [0.25, 0.3) is 0 Å². The summed E-state index contributed by atoms with van der Waals surface area (Å²) < 4.78 is 5.75. The summed E-state index contributed by atoms with van der Waals surface area (Å²) in [5.41, 5.74) is 0.883. The first kappa shape index (κ1) is 18.1. The van der Waals surface area contributed by atoms with Crippen molar-refractivity contribution < 1.29 is 19.4 Å². The van der Waals surface area contributed by atoms with Gasteiger partial charge in [-0.3, -0.25) is 9.59 Å². The molecule has 4 rings (SSSR count). The number of carbonyl (C=O) groups is 2. The third kappa shape index (κ3) is 2.26. The van der Waals surface area contributed by atoms with Gasteiger partial charge in [0.2, 0.25) is 0 Å². The first-order valence-electron chi connectivity index (χ1n) is 10.2. The molecule has 0 aromatic carbocycles. The predicted octanol–water partition coefficient (Wildman–Crippen LogP) is 4.58. The number of hydrogen-bond acceptors (Lipinski definition) is 3. The molecule has 0 aromatic heterocycles. The van der Waals surface area contributed by atoms with Gasteiger partial charge in [-0.25, -0.2) is 0 Å². The molecule has 4 saturated carbocycles. The fourth-order valence-corrected chi connectivity index (χ4v) is 7.89. The van der Waals surface area contributed by atoms with Crippen molar-refractivity contribution in [2.45, 2.75) is 78.2 Å². The summed E-state index contributed by atoms with van der Waals surface area (Å²) in [7, 11) is 0. The van der Waals surface area contributed by atoms with E-state index in [1.807, 2.05) is 6.92 Å². The lowest BCUT2D eigenvalue weighted by molar-refractivity contribution is -0.191. The summed E-state index contributed by atoms with van der Waals surface area (Å²) in [6.45, 7) is 10.1. The van der Waals surface area contributed by atoms with Gasteiger partial charge in [-0.1, -0.05) is 25.5 Å². The molecule has 2 bridgehead atoms. The number of carboxylic acid groups (broad SMARTS) is 1. The standard InChI is InChI=1S/C22H32O4/c1-13-11-22-9-6-17-20(3,7-5-8-21(17,4)19(24)25)18(22)10-16(15(13)12-22)26-14(2)23/h15-18H,1,5-12H2,2-4H3,(H,24,25)/t15-,16+,17+,18+,20-,21-,22-/m1/s1. The molecule has 1 spiro atoms. The molecule has 144 valence electrons. The quantitative estimate of drug-likeness (QED) is 0.578. The van der Waals surface area contributed by atoms with Crippen molar-refractivity contribution in [3.05, 3.63) is 12.2 Å². The highest BCUT2D eigenvalue weighted by Crippen LogP contribution is 2.72. The van der Waals surface area contributed by atoms with Crippen LogP contribution in [0.4, 0.5) is 0 Å². The summed E-state index contributed by atoms with van der Waals surface area (Å²) >= 11 is 0. The summed E-state index contributed by atoms with van der Waals surface area (Å²) in [4.78, 5) is 23.8. The van der Waals surface area contributed by atoms with Crippen molar-refractivity contribution in [3.63, 3.8) is 0 Å². The summed E-state index contributed by atoms with van der Waals surface area (Å²) in [5.74, 6) is 0.0850. The highest BCUT2D eigenvalue weighted by atomic mass is 16.5. The van der Waals surface area contributed by atoms with E-state index < -0.39 is 11.4 Å². The molecule has 0 aromatic rings. The Morgan fingerprint density at radius 2 is 1.92 bits per heavy atom. The van der Waals surface area contributed by atoms with Gasteiger partial charge >= 0.3 is 11.9 Å². The minimum Gasteiger partial charge on any atom is -0.481 e. The van der Waals surface area contributed by atoms with E-state index in [0.29, 0.717) is 11.8 Å². The molecule has 0 saturated heterocycles. The molecule has 26 heavy (non-hydrogen) atoms. The van der Waals surface area contributed by atoms with E-state index in [4.69, 9.17) is 4.74 Å². The Labute approximate surface area is 156 Å². The Kier molecular flexibility index (Phi) is 3.88. The van der Waals surface area contributed by atoms with E-state index in [1.165, 1.54) is 12.5 Å². The Morgan fingerprint density at radius 1 is 1.19 bits per heavy atom. The molecule has 0 heterocycles. The molecule has 4 nitrogen and oxygen atoms in total. The van der Waals surface area contributed by atoms with Crippen LogP contribution in [0.1, 0.15) is 72.1 Å². The van der Waals surface area contributed by atoms with Crippen molar-refractivity contribution in [1.82, 2.24) is 0 Å². The average molecular weight is 360 g/mol. The second-order valence-corrected chi connectivity index (χ2v) is 10.1. The van der Waals surface area contributed by atoms with Crippen LogP contribution in [0.3, 0.4) is 0 Å². The van der Waals surface area contributed by atoms with Crippen molar-refractivity contribution in [1.29, 1.82) is 0 Å². The first-order valence-corrected chi connectivity index (χ1v) is 10.2. The lowest BCUT2D eigenvalue weighted by atomic mass is 9.41. The molecule has 0 radical (unpaired) electrons. The Balaban J connectivity index is 1.74. The van der Waals surface area contributed by atoms with Gasteiger partial charge < -0.3 is 9.84 Å². The van der Waals surface area contributed by atoms with Crippen LogP contribution in [0.2, 0.25) is 0 Å². The molecule has 0 unspecified atom stereocenters.